The van der Waals surface area contributed by atoms with E-state index < -0.39 is 0 Å². The summed E-state index contributed by atoms with van der Waals surface area (Å²) in [6.07, 6.45) is 0. The monoisotopic (exact) mass is 250 g/mol. The number of aryl methyl sites for hydroxylation is 1. The molecule has 0 bridgehead atoms. The van der Waals surface area contributed by atoms with Gasteiger partial charge in [0.2, 0.25) is 0 Å². The van der Waals surface area contributed by atoms with Crippen molar-refractivity contribution in [2.24, 2.45) is 0 Å². The van der Waals surface area contributed by atoms with E-state index in [0.29, 0.717) is 0 Å². The Labute approximate surface area is 108 Å². The first-order valence-corrected chi connectivity index (χ1v) is 6.38. The molecule has 2 aromatic heterocycles. The fourth-order valence-corrected chi connectivity index (χ4v) is 2.40. The van der Waals surface area contributed by atoms with Crippen LogP contribution < -0.4 is 0 Å². The molecule has 0 N–H and O–H groups in total. The summed E-state index contributed by atoms with van der Waals surface area (Å²) in [5, 5.41) is -0.0414. The van der Waals surface area contributed by atoms with E-state index in [2.05, 4.69) is 38.2 Å². The maximum absolute atomic E-state index is 6.35. The van der Waals surface area contributed by atoms with E-state index in [9.17, 15) is 0 Å². The highest BCUT2D eigenvalue weighted by Crippen LogP contribution is 2.33. The van der Waals surface area contributed by atoms with Gasteiger partial charge in [0.15, 0.2) is 0 Å². The highest BCUT2D eigenvalue weighted by atomic mass is 35.5. The number of hydrogen-bond donors (Lipinski definition) is 0. The highest BCUT2D eigenvalue weighted by Gasteiger charge is 2.26. The third-order valence-electron chi connectivity index (χ3n) is 2.96. The van der Waals surface area contributed by atoms with Crippen LogP contribution in [-0.4, -0.2) is 9.38 Å². The van der Waals surface area contributed by atoms with Gasteiger partial charge in [-0.15, -0.1) is 11.6 Å². The third kappa shape index (κ3) is 2.06. The smallest absolute Gasteiger partial charge is 0.137 e. The molecule has 2 heterocycles. The van der Waals surface area contributed by atoms with Gasteiger partial charge in [-0.1, -0.05) is 26.8 Å². The van der Waals surface area contributed by atoms with Crippen LogP contribution in [0.4, 0.5) is 0 Å². The molecule has 2 nitrogen and oxygen atoms in total. The second-order valence-corrected chi connectivity index (χ2v) is 6.23. The number of hydrogen-bond acceptors (Lipinski definition) is 1. The number of alkyl halides is 1. The third-order valence-corrected chi connectivity index (χ3v) is 3.17. The average Bonchev–Trinajstić information content (AvgIpc) is 2.57. The summed E-state index contributed by atoms with van der Waals surface area (Å²) in [5.74, 6) is 0. The molecule has 0 radical (unpaired) electrons. The summed E-state index contributed by atoms with van der Waals surface area (Å²) in [4.78, 5) is 4.74. The molecule has 0 aliphatic heterocycles. The van der Waals surface area contributed by atoms with Crippen molar-refractivity contribution in [1.82, 2.24) is 9.38 Å². The number of aromatic nitrogens is 2. The summed E-state index contributed by atoms with van der Waals surface area (Å²) < 4.78 is 2.16. The molecule has 3 heteroatoms. The predicted molar refractivity (Wildman–Crippen MR) is 72.9 cm³/mol. The molecule has 2 aromatic rings. The number of halogens is 1. The molecule has 0 aromatic carbocycles. The molecule has 0 aliphatic rings. The summed E-state index contributed by atoms with van der Waals surface area (Å²) in [5.41, 5.74) is 4.38. The Morgan fingerprint density at radius 3 is 2.47 bits per heavy atom. The van der Waals surface area contributed by atoms with E-state index >= 15 is 0 Å². The summed E-state index contributed by atoms with van der Waals surface area (Å²) in [7, 11) is 0. The number of imidazole rings is 1. The number of nitrogens with zero attached hydrogens (tertiary/aromatic N) is 2. The molecule has 0 spiro atoms. The van der Waals surface area contributed by atoms with Gasteiger partial charge < -0.3 is 0 Å². The molecule has 0 saturated carbocycles. The average molecular weight is 251 g/mol. The van der Waals surface area contributed by atoms with Gasteiger partial charge in [-0.05, 0) is 26.0 Å². The number of rotatable bonds is 1. The van der Waals surface area contributed by atoms with Gasteiger partial charge in [-0.3, -0.25) is 4.40 Å². The Kier molecular flexibility index (Phi) is 2.94. The fourth-order valence-electron chi connectivity index (χ4n) is 2.20. The topological polar surface area (TPSA) is 17.3 Å². The zero-order valence-electron chi connectivity index (χ0n) is 11.1. The number of fused-ring (bicyclic) bond motifs is 1. The minimum Gasteiger partial charge on any atom is -0.300 e. The molecule has 1 unspecified atom stereocenters. The SMILES string of the molecule is Cc1cccc2nc(C(C)(C)C)c(C(C)Cl)n12. The summed E-state index contributed by atoms with van der Waals surface area (Å²) >= 11 is 6.35. The maximum Gasteiger partial charge on any atom is 0.137 e. The van der Waals surface area contributed by atoms with Crippen LogP contribution in [0.3, 0.4) is 0 Å². The van der Waals surface area contributed by atoms with Crippen LogP contribution in [0.1, 0.15) is 50.2 Å². The molecule has 17 heavy (non-hydrogen) atoms. The van der Waals surface area contributed by atoms with Crippen molar-refractivity contribution >= 4 is 17.2 Å². The van der Waals surface area contributed by atoms with Crippen LogP contribution in [0.15, 0.2) is 18.2 Å². The molecule has 0 aliphatic carbocycles. The number of pyridine rings is 1. The Morgan fingerprint density at radius 2 is 1.94 bits per heavy atom. The highest BCUT2D eigenvalue weighted by molar-refractivity contribution is 6.20. The van der Waals surface area contributed by atoms with E-state index in [1.165, 1.54) is 5.69 Å². The molecule has 1 atom stereocenters. The molecule has 0 saturated heterocycles. The first-order chi connectivity index (χ1) is 7.82. The van der Waals surface area contributed by atoms with Gasteiger partial charge in [0.1, 0.15) is 5.65 Å². The lowest BCUT2D eigenvalue weighted by molar-refractivity contribution is 0.563. The maximum atomic E-state index is 6.35. The van der Waals surface area contributed by atoms with Crippen molar-refractivity contribution in [1.29, 1.82) is 0 Å². The lowest BCUT2D eigenvalue weighted by Crippen LogP contribution is -2.15. The Bertz CT molecular complexity index is 547. The molecule has 2 rings (SSSR count). The van der Waals surface area contributed by atoms with Crippen molar-refractivity contribution in [2.45, 2.75) is 45.4 Å². The van der Waals surface area contributed by atoms with E-state index in [1.54, 1.807) is 0 Å². The van der Waals surface area contributed by atoms with Crippen molar-refractivity contribution in [3.05, 3.63) is 35.3 Å². The van der Waals surface area contributed by atoms with Crippen molar-refractivity contribution in [3.63, 3.8) is 0 Å². The predicted octanol–water partition coefficient (Wildman–Crippen LogP) is 4.24. The van der Waals surface area contributed by atoms with Gasteiger partial charge in [0.05, 0.1) is 16.8 Å². The van der Waals surface area contributed by atoms with Gasteiger partial charge in [-0.2, -0.15) is 0 Å². The Hall–Kier alpha value is -1.02. The normalized spacial score (nSPS) is 14.2. The zero-order chi connectivity index (χ0) is 12.8. The summed E-state index contributed by atoms with van der Waals surface area (Å²) in [6.45, 7) is 10.6. The van der Waals surface area contributed by atoms with Gasteiger partial charge in [0.25, 0.3) is 0 Å². The van der Waals surface area contributed by atoms with Gasteiger partial charge in [0, 0.05) is 11.1 Å². The van der Waals surface area contributed by atoms with Gasteiger partial charge >= 0.3 is 0 Å². The standard InChI is InChI=1S/C14H19ClN2/c1-9-7-6-8-11-16-13(14(3,4)5)12(10(2)15)17(9)11/h6-8,10H,1-5H3. The second kappa shape index (κ2) is 4.02. The molecule has 92 valence electrons. The van der Waals surface area contributed by atoms with Crippen molar-refractivity contribution in [2.75, 3.05) is 0 Å². The lowest BCUT2D eigenvalue weighted by Gasteiger charge is -2.19. The van der Waals surface area contributed by atoms with E-state index in [4.69, 9.17) is 16.6 Å². The Morgan fingerprint density at radius 1 is 1.29 bits per heavy atom. The van der Waals surface area contributed by atoms with Crippen LogP contribution in [0.5, 0.6) is 0 Å². The largest absolute Gasteiger partial charge is 0.300 e. The fraction of sp³-hybridized carbons (Fsp3) is 0.500. The van der Waals surface area contributed by atoms with Crippen LogP contribution >= 0.6 is 11.6 Å². The molecular formula is C14H19ClN2. The van der Waals surface area contributed by atoms with Crippen molar-refractivity contribution < 1.29 is 0 Å². The molecular weight excluding hydrogens is 232 g/mol. The first-order valence-electron chi connectivity index (χ1n) is 5.95. The van der Waals surface area contributed by atoms with E-state index in [-0.39, 0.29) is 10.8 Å². The second-order valence-electron chi connectivity index (χ2n) is 5.57. The van der Waals surface area contributed by atoms with Crippen LogP contribution in [0.2, 0.25) is 0 Å². The molecule has 0 amide bonds. The minimum absolute atomic E-state index is 0.0109. The quantitative estimate of drug-likeness (QED) is 0.692. The van der Waals surface area contributed by atoms with Gasteiger partial charge in [-0.25, -0.2) is 4.98 Å². The Balaban J connectivity index is 2.86. The van der Waals surface area contributed by atoms with Crippen LogP contribution in [-0.2, 0) is 5.41 Å². The minimum atomic E-state index is -0.0414. The molecule has 0 fully saturated rings. The lowest BCUT2D eigenvalue weighted by atomic mass is 9.90. The van der Waals surface area contributed by atoms with Crippen LogP contribution in [0.25, 0.3) is 5.65 Å². The first kappa shape index (κ1) is 12.4. The van der Waals surface area contributed by atoms with E-state index in [1.807, 2.05) is 19.1 Å². The van der Waals surface area contributed by atoms with E-state index in [0.717, 1.165) is 17.0 Å². The van der Waals surface area contributed by atoms with Crippen molar-refractivity contribution in [3.8, 4) is 0 Å². The zero-order valence-corrected chi connectivity index (χ0v) is 11.8. The summed E-state index contributed by atoms with van der Waals surface area (Å²) in [6, 6.07) is 6.15. The van der Waals surface area contributed by atoms with Crippen LogP contribution in [0, 0.1) is 6.92 Å².